The molecular formula is C13H24BBrO3. The predicted molar refractivity (Wildman–Crippen MR) is 79.3 cm³/mol. The standard InChI is InChI=1S/C13H24BBrO3/c1-2-3-4-5-6-7-8-9-10-13(15)12(11-16)14(17)18/h13,17-18H,2-10H2,1H3. The Balaban J connectivity index is 3.51. The molecule has 0 heterocycles. The van der Waals surface area contributed by atoms with Crippen molar-refractivity contribution in [2.24, 2.45) is 0 Å². The first kappa shape index (κ1) is 17.9. The minimum Gasteiger partial charge on any atom is -0.423 e. The van der Waals surface area contributed by atoms with Gasteiger partial charge in [-0.25, -0.2) is 4.79 Å². The van der Waals surface area contributed by atoms with E-state index in [1.807, 2.05) is 0 Å². The van der Waals surface area contributed by atoms with Gasteiger partial charge in [0.1, 0.15) is 5.94 Å². The Kier molecular flexibility index (Phi) is 11.9. The molecule has 0 aromatic heterocycles. The van der Waals surface area contributed by atoms with E-state index >= 15 is 0 Å². The van der Waals surface area contributed by atoms with Gasteiger partial charge in [0, 0.05) is 4.83 Å². The first-order chi connectivity index (χ1) is 8.63. The van der Waals surface area contributed by atoms with Gasteiger partial charge < -0.3 is 10.0 Å². The minimum atomic E-state index is -1.69. The van der Waals surface area contributed by atoms with Crippen LogP contribution >= 0.6 is 15.9 Å². The Labute approximate surface area is 119 Å². The van der Waals surface area contributed by atoms with E-state index in [2.05, 4.69) is 22.9 Å². The third-order valence-electron chi connectivity index (χ3n) is 3.04. The molecule has 0 saturated heterocycles. The Morgan fingerprint density at radius 2 is 1.61 bits per heavy atom. The van der Waals surface area contributed by atoms with Crippen LogP contribution in [-0.4, -0.2) is 27.9 Å². The molecule has 1 atom stereocenters. The van der Waals surface area contributed by atoms with Crippen LogP contribution in [0.4, 0.5) is 0 Å². The van der Waals surface area contributed by atoms with Crippen molar-refractivity contribution in [3.05, 3.63) is 5.47 Å². The van der Waals surface area contributed by atoms with Crippen LogP contribution in [0.1, 0.15) is 64.7 Å². The number of halogens is 1. The van der Waals surface area contributed by atoms with Crippen LogP contribution in [0, 0.1) is 0 Å². The van der Waals surface area contributed by atoms with E-state index in [9.17, 15) is 4.79 Å². The maximum absolute atomic E-state index is 10.5. The first-order valence-electron chi connectivity index (χ1n) is 6.88. The molecule has 3 nitrogen and oxygen atoms in total. The van der Waals surface area contributed by atoms with Crippen LogP contribution < -0.4 is 0 Å². The highest BCUT2D eigenvalue weighted by atomic mass is 79.9. The van der Waals surface area contributed by atoms with Crippen molar-refractivity contribution in [3.63, 3.8) is 0 Å². The maximum atomic E-state index is 10.5. The normalized spacial score (nSPS) is 12.0. The summed E-state index contributed by atoms with van der Waals surface area (Å²) in [6.07, 6.45) is 10.6. The monoisotopic (exact) mass is 318 g/mol. The lowest BCUT2D eigenvalue weighted by molar-refractivity contribution is 0.416. The lowest BCUT2D eigenvalue weighted by Crippen LogP contribution is -2.23. The van der Waals surface area contributed by atoms with Gasteiger partial charge in [0.15, 0.2) is 0 Å². The van der Waals surface area contributed by atoms with Crippen LogP contribution in [0.3, 0.4) is 0 Å². The molecule has 0 rings (SSSR count). The molecule has 0 saturated carbocycles. The van der Waals surface area contributed by atoms with Crippen LogP contribution in [0.5, 0.6) is 0 Å². The van der Waals surface area contributed by atoms with E-state index in [4.69, 9.17) is 10.0 Å². The second-order valence-electron chi connectivity index (χ2n) is 4.66. The summed E-state index contributed by atoms with van der Waals surface area (Å²) in [5.74, 6) is 1.60. The van der Waals surface area contributed by atoms with Crippen molar-refractivity contribution in [1.82, 2.24) is 0 Å². The lowest BCUT2D eigenvalue weighted by Gasteiger charge is -2.10. The molecule has 0 bridgehead atoms. The molecule has 104 valence electrons. The number of rotatable bonds is 11. The molecule has 5 heteroatoms. The van der Waals surface area contributed by atoms with Gasteiger partial charge in [-0.05, 0) is 6.42 Å². The van der Waals surface area contributed by atoms with Gasteiger partial charge in [0.2, 0.25) is 0 Å². The first-order valence-corrected chi connectivity index (χ1v) is 7.80. The summed E-state index contributed by atoms with van der Waals surface area (Å²) in [5, 5.41) is 17.9. The summed E-state index contributed by atoms with van der Waals surface area (Å²) < 4.78 is 0. The fraction of sp³-hybridized carbons (Fsp3) is 0.846. The summed E-state index contributed by atoms with van der Waals surface area (Å²) in [4.78, 5) is 10.2. The number of allylic oxidation sites excluding steroid dienone is 1. The Bertz CT molecular complexity index is 253. The van der Waals surface area contributed by atoms with Crippen LogP contribution in [0.2, 0.25) is 0 Å². The smallest absolute Gasteiger partial charge is 0.423 e. The van der Waals surface area contributed by atoms with Gasteiger partial charge in [-0.15, -0.1) is 0 Å². The lowest BCUT2D eigenvalue weighted by atomic mass is 9.77. The zero-order valence-electron chi connectivity index (χ0n) is 11.2. The van der Waals surface area contributed by atoms with Gasteiger partial charge in [-0.1, -0.05) is 74.2 Å². The van der Waals surface area contributed by atoms with E-state index in [0.29, 0.717) is 0 Å². The number of hydrogen-bond donors (Lipinski definition) is 2. The largest absolute Gasteiger partial charge is 0.496 e. The quantitative estimate of drug-likeness (QED) is 0.266. The summed E-state index contributed by atoms with van der Waals surface area (Å²) in [5.41, 5.74) is -0.00190. The molecular weight excluding hydrogens is 295 g/mol. The van der Waals surface area contributed by atoms with Gasteiger partial charge >= 0.3 is 7.12 Å². The average Bonchev–Trinajstić information content (AvgIpc) is 2.33. The Hall–Kier alpha value is -0.0851. The van der Waals surface area contributed by atoms with Crippen LogP contribution in [0.15, 0.2) is 5.47 Å². The molecule has 0 fully saturated rings. The molecule has 0 amide bonds. The maximum Gasteiger partial charge on any atom is 0.496 e. The number of alkyl halides is 1. The summed E-state index contributed by atoms with van der Waals surface area (Å²) in [6, 6.07) is 0. The van der Waals surface area contributed by atoms with E-state index in [1.165, 1.54) is 38.5 Å². The number of carbonyl (C=O) groups excluding carboxylic acids is 1. The fourth-order valence-corrected chi connectivity index (χ4v) is 2.54. The van der Waals surface area contributed by atoms with Crippen molar-refractivity contribution in [2.75, 3.05) is 0 Å². The van der Waals surface area contributed by atoms with E-state index in [1.54, 1.807) is 5.94 Å². The second kappa shape index (κ2) is 12.0. The van der Waals surface area contributed by atoms with E-state index in [0.717, 1.165) is 19.3 Å². The van der Waals surface area contributed by atoms with Crippen molar-refractivity contribution in [2.45, 2.75) is 69.5 Å². The predicted octanol–water partition coefficient (Wildman–Crippen LogP) is 3.05. The molecule has 0 aromatic carbocycles. The van der Waals surface area contributed by atoms with Gasteiger partial charge in [0.05, 0.1) is 5.47 Å². The number of unbranched alkanes of at least 4 members (excludes halogenated alkanes) is 7. The molecule has 0 aliphatic heterocycles. The topological polar surface area (TPSA) is 57.5 Å². The van der Waals surface area contributed by atoms with Gasteiger partial charge in [0.25, 0.3) is 0 Å². The molecule has 0 radical (unpaired) electrons. The fourth-order valence-electron chi connectivity index (χ4n) is 1.89. The summed E-state index contributed by atoms with van der Waals surface area (Å²) in [7, 11) is -1.69. The van der Waals surface area contributed by atoms with Crippen molar-refractivity contribution in [3.8, 4) is 0 Å². The van der Waals surface area contributed by atoms with Crippen molar-refractivity contribution < 1.29 is 14.8 Å². The highest BCUT2D eigenvalue weighted by Crippen LogP contribution is 2.19. The molecule has 0 aromatic rings. The molecule has 0 aliphatic carbocycles. The zero-order valence-corrected chi connectivity index (χ0v) is 12.8. The molecule has 0 aliphatic rings. The Morgan fingerprint density at radius 3 is 2.06 bits per heavy atom. The molecule has 0 spiro atoms. The molecule has 1 unspecified atom stereocenters. The SMILES string of the molecule is CCCCCCCCCCC(Br)C(=C=O)B(O)O. The molecule has 18 heavy (non-hydrogen) atoms. The second-order valence-corrected chi connectivity index (χ2v) is 5.77. The van der Waals surface area contributed by atoms with Crippen LogP contribution in [-0.2, 0) is 4.79 Å². The zero-order chi connectivity index (χ0) is 13.8. The van der Waals surface area contributed by atoms with E-state index in [-0.39, 0.29) is 10.3 Å². The third-order valence-corrected chi connectivity index (χ3v) is 4.00. The van der Waals surface area contributed by atoms with E-state index < -0.39 is 7.12 Å². The van der Waals surface area contributed by atoms with Crippen molar-refractivity contribution in [1.29, 1.82) is 0 Å². The van der Waals surface area contributed by atoms with Crippen molar-refractivity contribution >= 4 is 29.0 Å². The minimum absolute atomic E-state index is 0.00190. The third kappa shape index (κ3) is 8.93. The Morgan fingerprint density at radius 1 is 1.11 bits per heavy atom. The summed E-state index contributed by atoms with van der Waals surface area (Å²) in [6.45, 7) is 2.21. The summed E-state index contributed by atoms with van der Waals surface area (Å²) >= 11 is 3.29. The number of hydrogen-bond acceptors (Lipinski definition) is 3. The molecule has 2 N–H and O–H groups in total. The highest BCUT2D eigenvalue weighted by molar-refractivity contribution is 9.09. The van der Waals surface area contributed by atoms with Crippen LogP contribution in [0.25, 0.3) is 0 Å². The average molecular weight is 319 g/mol. The van der Waals surface area contributed by atoms with Gasteiger partial charge in [-0.3, -0.25) is 0 Å². The van der Waals surface area contributed by atoms with Gasteiger partial charge in [-0.2, -0.15) is 0 Å². The highest BCUT2D eigenvalue weighted by Gasteiger charge is 2.23.